The molecule has 2 heterocycles. The molecule has 14 heteroatoms. The maximum absolute atomic E-state index is 13.4. The molecule has 0 radical (unpaired) electrons. The Bertz CT molecular complexity index is 1530. The first kappa shape index (κ1) is 28.6. The summed E-state index contributed by atoms with van der Waals surface area (Å²) in [6.45, 7) is 2.14. The van der Waals surface area contributed by atoms with Crippen LogP contribution in [-0.4, -0.2) is 68.8 Å². The van der Waals surface area contributed by atoms with E-state index in [9.17, 15) is 24.5 Å². The molecule has 1 unspecified atom stereocenters. The number of aliphatic imine (C=N–C) groups is 1. The minimum atomic E-state index is -0.853. The number of benzene rings is 2. The van der Waals surface area contributed by atoms with Crippen LogP contribution < -0.4 is 15.6 Å². The lowest BCUT2D eigenvalue weighted by atomic mass is 10.2. The minimum Gasteiger partial charge on any atom is -0.496 e. The van der Waals surface area contributed by atoms with Crippen molar-refractivity contribution in [2.24, 2.45) is 12.0 Å². The van der Waals surface area contributed by atoms with Crippen LogP contribution in [0.2, 0.25) is 0 Å². The number of nitro benzene ring substituents is 1. The van der Waals surface area contributed by atoms with Crippen molar-refractivity contribution in [3.05, 3.63) is 74.7 Å². The fourth-order valence-corrected chi connectivity index (χ4v) is 5.33. The molecule has 0 spiro atoms. The molecular weight excluding hydrogens is 540 g/mol. The van der Waals surface area contributed by atoms with Crippen molar-refractivity contribution in [1.29, 1.82) is 0 Å². The first-order valence-corrected chi connectivity index (χ1v) is 13.1. The first-order chi connectivity index (χ1) is 19.2. The number of carbonyl (C=O) groups is 2. The second-order valence-corrected chi connectivity index (χ2v) is 9.96. The van der Waals surface area contributed by atoms with Gasteiger partial charge >= 0.3 is 0 Å². The molecule has 0 aliphatic carbocycles. The standard InChI is InChI=1S/C26H28N6O7S/c1-16-23(25(35)31(29(16)2)17-8-6-5-7-9-17)28-26-30(12-13-38-3)24(34)21(40-26)15-22(33)27-19-11-10-18(39-4)14-20(19)32(36)37/h5-11,14,21H,12-13,15H2,1-4H3,(H,27,33). The van der Waals surface area contributed by atoms with E-state index in [1.165, 1.54) is 42.0 Å². The Balaban J connectivity index is 1.61. The number of nitro groups is 1. The van der Waals surface area contributed by atoms with Crippen molar-refractivity contribution in [3.63, 3.8) is 0 Å². The average Bonchev–Trinajstić information content (AvgIpc) is 3.34. The van der Waals surface area contributed by atoms with E-state index < -0.39 is 16.1 Å². The molecule has 210 valence electrons. The molecule has 0 saturated carbocycles. The SMILES string of the molecule is COCCN1C(=O)C(CC(=O)Nc2ccc(OC)cc2[N+](=O)[O-])SC1=Nc1c(C)n(C)n(-c2ccccc2)c1=O. The topological polar surface area (TPSA) is 150 Å². The summed E-state index contributed by atoms with van der Waals surface area (Å²) in [5.41, 5.74) is 0.718. The van der Waals surface area contributed by atoms with E-state index in [-0.39, 0.29) is 59.0 Å². The largest absolute Gasteiger partial charge is 0.496 e. The van der Waals surface area contributed by atoms with E-state index in [0.29, 0.717) is 11.4 Å². The van der Waals surface area contributed by atoms with Gasteiger partial charge in [-0.3, -0.25) is 34.1 Å². The second-order valence-electron chi connectivity index (χ2n) is 8.79. The van der Waals surface area contributed by atoms with Crippen LogP contribution in [0.3, 0.4) is 0 Å². The van der Waals surface area contributed by atoms with E-state index in [4.69, 9.17) is 9.47 Å². The zero-order valence-electron chi connectivity index (χ0n) is 22.3. The second kappa shape index (κ2) is 12.2. The lowest BCUT2D eigenvalue weighted by Gasteiger charge is -2.15. The predicted molar refractivity (Wildman–Crippen MR) is 151 cm³/mol. The van der Waals surface area contributed by atoms with Crippen LogP contribution in [0.5, 0.6) is 5.75 Å². The highest BCUT2D eigenvalue weighted by molar-refractivity contribution is 8.15. The number of ether oxygens (including phenoxy) is 2. The monoisotopic (exact) mass is 568 g/mol. The van der Waals surface area contributed by atoms with Gasteiger partial charge in [-0.1, -0.05) is 30.0 Å². The molecule has 1 saturated heterocycles. The van der Waals surface area contributed by atoms with Gasteiger partial charge in [0.15, 0.2) is 10.9 Å². The third kappa shape index (κ3) is 5.77. The van der Waals surface area contributed by atoms with Crippen LogP contribution in [0, 0.1) is 17.0 Å². The number of hydrogen-bond acceptors (Lipinski definition) is 9. The molecule has 1 aromatic heterocycles. The zero-order chi connectivity index (χ0) is 29.0. The van der Waals surface area contributed by atoms with Gasteiger partial charge in [-0.25, -0.2) is 9.67 Å². The number of methoxy groups -OCH3 is 2. The number of hydrogen-bond donors (Lipinski definition) is 1. The molecule has 2 amide bonds. The maximum Gasteiger partial charge on any atom is 0.297 e. The van der Waals surface area contributed by atoms with Gasteiger partial charge in [0.2, 0.25) is 11.8 Å². The highest BCUT2D eigenvalue weighted by Gasteiger charge is 2.39. The average molecular weight is 569 g/mol. The van der Waals surface area contributed by atoms with Crippen LogP contribution in [0.4, 0.5) is 17.1 Å². The third-order valence-electron chi connectivity index (χ3n) is 6.32. The Kier molecular flexibility index (Phi) is 8.70. The summed E-state index contributed by atoms with van der Waals surface area (Å²) in [6.07, 6.45) is -0.267. The third-order valence-corrected chi connectivity index (χ3v) is 7.49. The molecule has 4 rings (SSSR count). The lowest BCUT2D eigenvalue weighted by molar-refractivity contribution is -0.384. The Hall–Kier alpha value is -4.43. The fraction of sp³-hybridized carbons (Fsp3) is 0.308. The first-order valence-electron chi connectivity index (χ1n) is 12.2. The Labute approximate surface area is 233 Å². The van der Waals surface area contributed by atoms with Gasteiger partial charge in [0.25, 0.3) is 11.2 Å². The van der Waals surface area contributed by atoms with Crippen molar-refractivity contribution in [3.8, 4) is 11.4 Å². The summed E-state index contributed by atoms with van der Waals surface area (Å²) >= 11 is 1.05. The number of nitrogens with zero attached hydrogens (tertiary/aromatic N) is 5. The molecule has 1 fully saturated rings. The number of anilines is 1. The molecule has 40 heavy (non-hydrogen) atoms. The molecular formula is C26H28N6O7S. The molecule has 1 aliphatic rings. The summed E-state index contributed by atoms with van der Waals surface area (Å²) in [6, 6.07) is 13.2. The summed E-state index contributed by atoms with van der Waals surface area (Å²) in [5.74, 6) is -0.699. The number of carbonyl (C=O) groups excluding carboxylic acids is 2. The van der Waals surface area contributed by atoms with Crippen molar-refractivity contribution < 1.29 is 24.0 Å². The van der Waals surface area contributed by atoms with Gasteiger partial charge in [-0.15, -0.1) is 0 Å². The van der Waals surface area contributed by atoms with Crippen LogP contribution >= 0.6 is 11.8 Å². The van der Waals surface area contributed by atoms with E-state index in [2.05, 4.69) is 10.3 Å². The van der Waals surface area contributed by atoms with Gasteiger partial charge < -0.3 is 14.8 Å². The van der Waals surface area contributed by atoms with E-state index in [0.717, 1.165) is 11.8 Å². The summed E-state index contributed by atoms with van der Waals surface area (Å²) in [7, 11) is 4.62. The van der Waals surface area contributed by atoms with Crippen molar-refractivity contribution in [2.75, 3.05) is 32.7 Å². The number of aromatic nitrogens is 2. The minimum absolute atomic E-state index is 0.0160. The number of thioether (sulfide) groups is 1. The Morgan fingerprint density at radius 2 is 1.90 bits per heavy atom. The van der Waals surface area contributed by atoms with Crippen molar-refractivity contribution in [1.82, 2.24) is 14.3 Å². The maximum atomic E-state index is 13.4. The Morgan fingerprint density at radius 1 is 1.18 bits per heavy atom. The van der Waals surface area contributed by atoms with E-state index >= 15 is 0 Å². The number of amides is 2. The molecule has 0 bridgehead atoms. The van der Waals surface area contributed by atoms with Crippen LogP contribution in [0.25, 0.3) is 5.69 Å². The molecule has 2 aromatic carbocycles. The van der Waals surface area contributed by atoms with Crippen LogP contribution in [0.15, 0.2) is 58.3 Å². The zero-order valence-corrected chi connectivity index (χ0v) is 23.1. The lowest BCUT2D eigenvalue weighted by Crippen LogP contribution is -2.36. The summed E-state index contributed by atoms with van der Waals surface area (Å²) < 4.78 is 13.3. The number of para-hydroxylation sites is 1. The Morgan fingerprint density at radius 3 is 2.55 bits per heavy atom. The van der Waals surface area contributed by atoms with Gasteiger partial charge in [0.1, 0.15) is 16.7 Å². The quantitative estimate of drug-likeness (QED) is 0.290. The normalized spacial score (nSPS) is 16.0. The van der Waals surface area contributed by atoms with E-state index in [1.54, 1.807) is 30.8 Å². The highest BCUT2D eigenvalue weighted by atomic mass is 32.2. The van der Waals surface area contributed by atoms with Crippen molar-refractivity contribution >= 4 is 45.8 Å². The van der Waals surface area contributed by atoms with Gasteiger partial charge in [-0.05, 0) is 31.2 Å². The summed E-state index contributed by atoms with van der Waals surface area (Å²) in [4.78, 5) is 56.4. The van der Waals surface area contributed by atoms with Gasteiger partial charge in [0, 0.05) is 20.6 Å². The van der Waals surface area contributed by atoms with Crippen LogP contribution in [0.1, 0.15) is 12.1 Å². The smallest absolute Gasteiger partial charge is 0.297 e. The number of amidine groups is 1. The molecule has 1 aliphatic heterocycles. The number of rotatable bonds is 10. The number of nitrogens with one attached hydrogen (secondary N) is 1. The molecule has 1 atom stereocenters. The molecule has 3 aromatic rings. The molecule has 13 nitrogen and oxygen atoms in total. The van der Waals surface area contributed by atoms with Gasteiger partial charge in [-0.2, -0.15) is 0 Å². The predicted octanol–water partition coefficient (Wildman–Crippen LogP) is 3.01. The molecule has 1 N–H and O–H groups in total. The van der Waals surface area contributed by atoms with Crippen LogP contribution in [-0.2, 0) is 21.4 Å². The van der Waals surface area contributed by atoms with Crippen molar-refractivity contribution in [2.45, 2.75) is 18.6 Å². The van der Waals surface area contributed by atoms with E-state index in [1.807, 2.05) is 18.2 Å². The fourth-order valence-electron chi connectivity index (χ4n) is 4.16. The highest BCUT2D eigenvalue weighted by Crippen LogP contribution is 2.33. The van der Waals surface area contributed by atoms with Gasteiger partial charge in [0.05, 0.1) is 42.6 Å². The summed E-state index contributed by atoms with van der Waals surface area (Å²) in [5, 5.41) is 13.4.